The molecule has 5 heteroatoms. The van der Waals surface area contributed by atoms with Crippen LogP contribution >= 0.6 is 27.3 Å². The van der Waals surface area contributed by atoms with E-state index in [1.54, 1.807) is 11.3 Å². The Morgan fingerprint density at radius 1 is 1.47 bits per heavy atom. The Morgan fingerprint density at radius 3 is 2.53 bits per heavy atom. The second-order valence-corrected chi connectivity index (χ2v) is 7.72. The van der Waals surface area contributed by atoms with Crippen molar-refractivity contribution in [3.05, 3.63) is 20.8 Å². The maximum absolute atomic E-state index is 5.93. The lowest BCUT2D eigenvalue weighted by Crippen LogP contribution is -2.56. The molecule has 0 spiro atoms. The van der Waals surface area contributed by atoms with Crippen LogP contribution in [0, 0.1) is 5.92 Å². The average molecular weight is 346 g/mol. The zero-order valence-electron chi connectivity index (χ0n) is 11.9. The summed E-state index contributed by atoms with van der Waals surface area (Å²) in [5.41, 5.74) is 3.21. The monoisotopic (exact) mass is 345 g/mol. The summed E-state index contributed by atoms with van der Waals surface area (Å²) in [6.07, 6.45) is 4.94. The normalized spacial score (nSPS) is 29.7. The Bertz CT molecular complexity index is 411. The zero-order valence-corrected chi connectivity index (χ0v) is 14.4. The van der Waals surface area contributed by atoms with Gasteiger partial charge in [-0.25, -0.2) is 0 Å². The first-order valence-corrected chi connectivity index (χ1v) is 8.55. The molecule has 0 bridgehead atoms. The van der Waals surface area contributed by atoms with Crippen LogP contribution in [0.3, 0.4) is 0 Å². The van der Waals surface area contributed by atoms with E-state index in [-0.39, 0.29) is 11.6 Å². The van der Waals surface area contributed by atoms with Gasteiger partial charge in [0.1, 0.15) is 0 Å². The molecule has 108 valence electrons. The SMILES string of the molecule is CC1CCC(C(NN)c2sccc2Br)(N(C)C)CC1. The quantitative estimate of drug-likeness (QED) is 0.647. The third-order valence-electron chi connectivity index (χ3n) is 4.64. The highest BCUT2D eigenvalue weighted by molar-refractivity contribution is 9.10. The van der Waals surface area contributed by atoms with Gasteiger partial charge in [-0.05, 0) is 73.1 Å². The summed E-state index contributed by atoms with van der Waals surface area (Å²) < 4.78 is 1.17. The highest BCUT2D eigenvalue weighted by Gasteiger charge is 2.44. The third-order valence-corrected chi connectivity index (χ3v) is 6.58. The van der Waals surface area contributed by atoms with Crippen LogP contribution in [0.4, 0.5) is 0 Å². The van der Waals surface area contributed by atoms with E-state index in [1.165, 1.54) is 35.0 Å². The number of thiophene rings is 1. The standard InChI is InChI=1S/C14H24BrN3S/c1-10-4-7-14(8-5-10,18(2)3)13(17-16)12-11(15)6-9-19-12/h6,9-10,13,17H,4-5,7-8,16H2,1-3H3. The molecule has 0 aromatic carbocycles. The van der Waals surface area contributed by atoms with Gasteiger partial charge in [0.2, 0.25) is 0 Å². The van der Waals surface area contributed by atoms with Crippen LogP contribution in [-0.4, -0.2) is 24.5 Å². The van der Waals surface area contributed by atoms with Gasteiger partial charge in [-0.2, -0.15) is 0 Å². The van der Waals surface area contributed by atoms with Crippen LogP contribution in [0.2, 0.25) is 0 Å². The summed E-state index contributed by atoms with van der Waals surface area (Å²) in [4.78, 5) is 3.68. The van der Waals surface area contributed by atoms with Crippen molar-refractivity contribution in [3.63, 3.8) is 0 Å². The molecule has 1 aliphatic rings. The molecule has 3 nitrogen and oxygen atoms in total. The van der Waals surface area contributed by atoms with Gasteiger partial charge in [-0.1, -0.05) is 6.92 Å². The molecule has 1 aromatic rings. The molecular formula is C14H24BrN3S. The number of hydrazine groups is 1. The summed E-state index contributed by atoms with van der Waals surface area (Å²) in [6.45, 7) is 2.35. The largest absolute Gasteiger partial charge is 0.302 e. The average Bonchev–Trinajstić information content (AvgIpc) is 2.79. The van der Waals surface area contributed by atoms with Gasteiger partial charge in [0, 0.05) is 14.9 Å². The highest BCUT2D eigenvalue weighted by atomic mass is 79.9. The number of nitrogens with zero attached hydrogens (tertiary/aromatic N) is 1. The number of nitrogens with two attached hydrogens (primary N) is 1. The number of halogens is 1. The first-order chi connectivity index (χ1) is 9.01. The van der Waals surface area contributed by atoms with Crippen molar-refractivity contribution in [1.82, 2.24) is 10.3 Å². The Labute approximate surface area is 128 Å². The van der Waals surface area contributed by atoms with Crippen LogP contribution in [0.5, 0.6) is 0 Å². The van der Waals surface area contributed by atoms with Gasteiger partial charge in [-0.15, -0.1) is 11.3 Å². The highest BCUT2D eigenvalue weighted by Crippen LogP contribution is 2.46. The molecule has 3 N–H and O–H groups in total. The first-order valence-electron chi connectivity index (χ1n) is 6.87. The smallest absolute Gasteiger partial charge is 0.0747 e. The fourth-order valence-electron chi connectivity index (χ4n) is 3.24. The molecule has 0 aliphatic heterocycles. The van der Waals surface area contributed by atoms with Gasteiger partial charge >= 0.3 is 0 Å². The lowest BCUT2D eigenvalue weighted by atomic mass is 9.72. The minimum absolute atomic E-state index is 0.120. The van der Waals surface area contributed by atoms with Gasteiger partial charge in [0.25, 0.3) is 0 Å². The number of nitrogens with one attached hydrogen (secondary N) is 1. The van der Waals surface area contributed by atoms with Crippen molar-refractivity contribution in [2.24, 2.45) is 11.8 Å². The second-order valence-electron chi connectivity index (χ2n) is 5.91. The molecule has 1 unspecified atom stereocenters. The molecule has 1 aromatic heterocycles. The zero-order chi connectivity index (χ0) is 14.0. The van der Waals surface area contributed by atoms with Crippen LogP contribution in [0.15, 0.2) is 15.9 Å². The number of hydrogen-bond acceptors (Lipinski definition) is 4. The Balaban J connectivity index is 2.34. The third kappa shape index (κ3) is 2.90. The summed E-state index contributed by atoms with van der Waals surface area (Å²) in [5.74, 6) is 6.76. The minimum Gasteiger partial charge on any atom is -0.302 e. The summed E-state index contributed by atoms with van der Waals surface area (Å²) in [5, 5.41) is 2.12. The van der Waals surface area contributed by atoms with Gasteiger partial charge in [0.05, 0.1) is 6.04 Å². The van der Waals surface area contributed by atoms with E-state index in [2.05, 4.69) is 58.7 Å². The molecule has 1 fully saturated rings. The van der Waals surface area contributed by atoms with Crippen molar-refractivity contribution in [2.75, 3.05) is 14.1 Å². The molecule has 0 radical (unpaired) electrons. The van der Waals surface area contributed by atoms with E-state index < -0.39 is 0 Å². The predicted molar refractivity (Wildman–Crippen MR) is 86.1 cm³/mol. The molecule has 0 amide bonds. The van der Waals surface area contributed by atoms with E-state index in [9.17, 15) is 0 Å². The second kappa shape index (κ2) is 6.22. The topological polar surface area (TPSA) is 41.3 Å². The van der Waals surface area contributed by atoms with Crippen molar-refractivity contribution in [2.45, 2.75) is 44.2 Å². The van der Waals surface area contributed by atoms with Crippen molar-refractivity contribution < 1.29 is 0 Å². The Kier molecular flexibility index (Phi) is 5.06. The maximum Gasteiger partial charge on any atom is 0.0747 e. The molecule has 1 heterocycles. The fourth-order valence-corrected chi connectivity index (χ4v) is 5.01. The summed E-state index contributed by atoms with van der Waals surface area (Å²) >= 11 is 5.43. The molecule has 1 saturated carbocycles. The van der Waals surface area contributed by atoms with Crippen LogP contribution in [-0.2, 0) is 0 Å². The molecule has 0 saturated heterocycles. The number of hydrogen-bond donors (Lipinski definition) is 2. The minimum atomic E-state index is 0.120. The van der Waals surface area contributed by atoms with Crippen molar-refractivity contribution >= 4 is 27.3 Å². The molecular weight excluding hydrogens is 322 g/mol. The fraction of sp³-hybridized carbons (Fsp3) is 0.714. The van der Waals surface area contributed by atoms with Gasteiger partial charge in [0.15, 0.2) is 0 Å². The van der Waals surface area contributed by atoms with Gasteiger partial charge < -0.3 is 4.90 Å². The summed E-state index contributed by atoms with van der Waals surface area (Å²) in [7, 11) is 4.36. The lowest BCUT2D eigenvalue weighted by molar-refractivity contribution is 0.0438. The lowest BCUT2D eigenvalue weighted by Gasteiger charge is -2.49. The summed E-state index contributed by atoms with van der Waals surface area (Å²) in [6, 6.07) is 2.29. The van der Waals surface area contributed by atoms with Gasteiger partial charge in [-0.3, -0.25) is 11.3 Å². The molecule has 2 rings (SSSR count). The van der Waals surface area contributed by atoms with E-state index >= 15 is 0 Å². The molecule has 1 aliphatic carbocycles. The van der Waals surface area contributed by atoms with E-state index in [4.69, 9.17) is 5.84 Å². The first kappa shape index (κ1) is 15.4. The maximum atomic E-state index is 5.93. The molecule has 19 heavy (non-hydrogen) atoms. The van der Waals surface area contributed by atoms with Crippen molar-refractivity contribution in [3.8, 4) is 0 Å². The number of likely N-dealkylation sites (N-methyl/N-ethyl adjacent to an activating group) is 1. The van der Waals surface area contributed by atoms with E-state index in [0.29, 0.717) is 0 Å². The molecule has 1 atom stereocenters. The predicted octanol–water partition coefficient (Wildman–Crippen LogP) is 3.53. The van der Waals surface area contributed by atoms with Crippen LogP contribution < -0.4 is 11.3 Å². The Morgan fingerprint density at radius 2 is 2.11 bits per heavy atom. The number of rotatable bonds is 4. The van der Waals surface area contributed by atoms with E-state index in [0.717, 1.165) is 5.92 Å². The van der Waals surface area contributed by atoms with Crippen LogP contribution in [0.25, 0.3) is 0 Å². The van der Waals surface area contributed by atoms with Crippen LogP contribution in [0.1, 0.15) is 43.5 Å². The van der Waals surface area contributed by atoms with E-state index in [1.807, 2.05) is 0 Å². The Hall–Kier alpha value is 0.0600. The van der Waals surface area contributed by atoms with Crippen molar-refractivity contribution in [1.29, 1.82) is 0 Å².